The predicted octanol–water partition coefficient (Wildman–Crippen LogP) is 2.43. The van der Waals surface area contributed by atoms with Gasteiger partial charge in [0.25, 0.3) is 0 Å². The van der Waals surface area contributed by atoms with Gasteiger partial charge in [0.05, 0.1) is 0 Å². The maximum absolute atomic E-state index is 2.20. The van der Waals surface area contributed by atoms with Gasteiger partial charge in [-0.3, -0.25) is 0 Å². The third-order valence-corrected chi connectivity index (χ3v) is 1.47. The zero-order valence-corrected chi connectivity index (χ0v) is 8.88. The van der Waals surface area contributed by atoms with Crippen molar-refractivity contribution in [3.8, 4) is 0 Å². The Morgan fingerprint density at radius 3 is 1.80 bits per heavy atom. The van der Waals surface area contributed by atoms with Crippen LogP contribution >= 0.6 is 0 Å². The summed E-state index contributed by atoms with van der Waals surface area (Å²) in [6.07, 6.45) is 0. The summed E-state index contributed by atoms with van der Waals surface area (Å²) >= 11 is 0. The average Bonchev–Trinajstić information content (AvgIpc) is 1.90. The van der Waals surface area contributed by atoms with Crippen LogP contribution in [0.5, 0.6) is 0 Å². The average molecular weight is 160 g/mol. The largest absolute Gasteiger partial charge is 0.0622 e. The van der Waals surface area contributed by atoms with Gasteiger partial charge >= 0.3 is 0 Å². The van der Waals surface area contributed by atoms with Crippen LogP contribution in [0.15, 0.2) is 30.3 Å². The monoisotopic (exact) mass is 160 g/mol. The smallest absolute Gasteiger partial charge is 0 e. The van der Waals surface area contributed by atoms with Crippen molar-refractivity contribution in [1.29, 1.82) is 0 Å². The van der Waals surface area contributed by atoms with Crippen LogP contribution in [0.3, 0.4) is 0 Å². The number of rotatable bonds is 1. The maximum atomic E-state index is 2.20. The van der Waals surface area contributed by atoms with Gasteiger partial charge in [-0.05, 0) is 11.5 Å². The van der Waals surface area contributed by atoms with Crippen LogP contribution in [0.25, 0.3) is 0 Å². The summed E-state index contributed by atoms with van der Waals surface area (Å²) in [5.41, 5.74) is 1.41. The third-order valence-electron chi connectivity index (χ3n) is 1.47. The van der Waals surface area contributed by atoms with Gasteiger partial charge in [0.2, 0.25) is 0 Å². The Hall–Kier alpha value is 0.480. The van der Waals surface area contributed by atoms with E-state index >= 15 is 0 Å². The minimum atomic E-state index is 0. The van der Waals surface area contributed by atoms with Crippen LogP contribution in [0, 0.1) is 0 Å². The van der Waals surface area contributed by atoms with E-state index in [1.54, 1.807) is 0 Å². The molecule has 0 aliphatic carbocycles. The Labute approximate surface area is 92.6 Å². The van der Waals surface area contributed by atoms with Crippen LogP contribution in [0.2, 0.25) is 0 Å². The fraction of sp³-hybridized carbons (Fsp3) is 0.333. The quantitative estimate of drug-likeness (QED) is 0.553. The van der Waals surface area contributed by atoms with Gasteiger partial charge in [-0.2, -0.15) is 0 Å². The van der Waals surface area contributed by atoms with Crippen LogP contribution < -0.4 is 0 Å². The van der Waals surface area contributed by atoms with E-state index in [1.807, 2.05) is 6.07 Å². The number of hydrogen-bond donors (Lipinski definition) is 0. The van der Waals surface area contributed by atoms with Crippen molar-refractivity contribution in [3.05, 3.63) is 35.9 Å². The molecule has 0 heterocycles. The van der Waals surface area contributed by atoms with Crippen molar-refractivity contribution < 1.29 is 0 Å². The maximum Gasteiger partial charge on any atom is 0 e. The molecule has 0 saturated carbocycles. The first-order valence-electron chi connectivity index (χ1n) is 3.35. The molecule has 0 aliphatic rings. The molecule has 0 N–H and O–H groups in total. The van der Waals surface area contributed by atoms with Crippen molar-refractivity contribution in [3.63, 3.8) is 0 Å². The SMILES string of the molecule is CC(C)c1ccccc1.[Ca]. The fourth-order valence-corrected chi connectivity index (χ4v) is 0.838. The first-order valence-corrected chi connectivity index (χ1v) is 3.35. The summed E-state index contributed by atoms with van der Waals surface area (Å²) in [6, 6.07) is 10.5. The van der Waals surface area contributed by atoms with E-state index < -0.39 is 0 Å². The summed E-state index contributed by atoms with van der Waals surface area (Å²) < 4.78 is 0. The molecule has 2 radical (unpaired) electrons. The molecule has 1 heteroatoms. The van der Waals surface area contributed by atoms with E-state index in [4.69, 9.17) is 0 Å². The minimum Gasteiger partial charge on any atom is -0.0622 e. The zero-order valence-electron chi connectivity index (χ0n) is 6.67. The topological polar surface area (TPSA) is 0 Å². The van der Waals surface area contributed by atoms with Crippen molar-refractivity contribution in [2.75, 3.05) is 0 Å². The molecular weight excluding hydrogens is 148 g/mol. The Morgan fingerprint density at radius 1 is 1.00 bits per heavy atom. The molecule has 1 rings (SSSR count). The molecular formula is C9H12Ca. The molecule has 1 aromatic rings. The van der Waals surface area contributed by atoms with Gasteiger partial charge < -0.3 is 0 Å². The van der Waals surface area contributed by atoms with Gasteiger partial charge in [0.15, 0.2) is 0 Å². The molecule has 0 aliphatic heterocycles. The van der Waals surface area contributed by atoms with Crippen LogP contribution in [0.4, 0.5) is 0 Å². The van der Waals surface area contributed by atoms with Crippen molar-refractivity contribution in [2.45, 2.75) is 19.8 Å². The van der Waals surface area contributed by atoms with Gasteiger partial charge in [-0.25, -0.2) is 0 Å². The normalized spacial score (nSPS) is 9.10. The van der Waals surface area contributed by atoms with E-state index in [2.05, 4.69) is 38.1 Å². The predicted molar refractivity (Wildman–Crippen MR) is 46.3 cm³/mol. The summed E-state index contributed by atoms with van der Waals surface area (Å²) in [5.74, 6) is 0.659. The summed E-state index contributed by atoms with van der Waals surface area (Å²) in [5, 5.41) is 0. The molecule has 0 spiro atoms. The van der Waals surface area contributed by atoms with Crippen molar-refractivity contribution >= 4 is 37.7 Å². The van der Waals surface area contributed by atoms with E-state index in [0.29, 0.717) is 5.92 Å². The molecule has 0 bridgehead atoms. The molecule has 0 nitrogen and oxygen atoms in total. The molecule has 0 fully saturated rings. The summed E-state index contributed by atoms with van der Waals surface area (Å²) in [6.45, 7) is 4.41. The van der Waals surface area contributed by atoms with Crippen LogP contribution in [0.1, 0.15) is 25.3 Å². The second-order valence-corrected chi connectivity index (χ2v) is 2.57. The Balaban J connectivity index is 0.000000810. The Kier molecular flexibility index (Phi) is 5.42. The second-order valence-electron chi connectivity index (χ2n) is 2.57. The molecule has 1 aromatic carbocycles. The van der Waals surface area contributed by atoms with E-state index in [-0.39, 0.29) is 37.7 Å². The van der Waals surface area contributed by atoms with Gasteiger partial charge in [0.1, 0.15) is 0 Å². The zero-order chi connectivity index (χ0) is 6.69. The Morgan fingerprint density at radius 2 is 1.50 bits per heavy atom. The second kappa shape index (κ2) is 5.17. The first kappa shape index (κ1) is 10.5. The molecule has 0 unspecified atom stereocenters. The molecule has 0 aromatic heterocycles. The van der Waals surface area contributed by atoms with Crippen LogP contribution in [-0.4, -0.2) is 37.7 Å². The van der Waals surface area contributed by atoms with Gasteiger partial charge in [-0.15, -0.1) is 0 Å². The number of benzene rings is 1. The van der Waals surface area contributed by atoms with Gasteiger partial charge in [-0.1, -0.05) is 44.2 Å². The van der Waals surface area contributed by atoms with Crippen LogP contribution in [-0.2, 0) is 0 Å². The van der Waals surface area contributed by atoms with Crippen molar-refractivity contribution in [2.24, 2.45) is 0 Å². The summed E-state index contributed by atoms with van der Waals surface area (Å²) in [4.78, 5) is 0. The van der Waals surface area contributed by atoms with Crippen molar-refractivity contribution in [1.82, 2.24) is 0 Å². The molecule has 50 valence electrons. The van der Waals surface area contributed by atoms with E-state index in [0.717, 1.165) is 0 Å². The third kappa shape index (κ3) is 3.05. The Bertz CT molecular complexity index is 167. The molecule has 0 amide bonds. The molecule has 0 atom stereocenters. The first-order chi connectivity index (χ1) is 4.30. The molecule has 10 heavy (non-hydrogen) atoms. The van der Waals surface area contributed by atoms with E-state index in [1.165, 1.54) is 5.56 Å². The summed E-state index contributed by atoms with van der Waals surface area (Å²) in [7, 11) is 0. The minimum absolute atomic E-state index is 0. The number of hydrogen-bond acceptors (Lipinski definition) is 0. The van der Waals surface area contributed by atoms with Gasteiger partial charge in [0, 0.05) is 37.7 Å². The standard InChI is InChI=1S/C9H12.Ca/c1-8(2)9-6-4-3-5-7-9;/h3-8H,1-2H3;. The fourth-order valence-electron chi connectivity index (χ4n) is 0.838. The van der Waals surface area contributed by atoms with E-state index in [9.17, 15) is 0 Å². The molecule has 0 saturated heterocycles.